The molecule has 0 fully saturated rings. The average molecular weight is 298 g/mol. The summed E-state index contributed by atoms with van der Waals surface area (Å²) in [7, 11) is -3.26. The van der Waals surface area contributed by atoms with E-state index in [0.29, 0.717) is 25.2 Å². The Labute approximate surface area is 120 Å². The van der Waals surface area contributed by atoms with E-state index in [4.69, 9.17) is 0 Å². The van der Waals surface area contributed by atoms with Gasteiger partial charge in [0.25, 0.3) is 0 Å². The van der Waals surface area contributed by atoms with Gasteiger partial charge in [0, 0.05) is 19.5 Å². The van der Waals surface area contributed by atoms with Crippen molar-refractivity contribution in [1.82, 2.24) is 5.32 Å². The monoisotopic (exact) mass is 298 g/mol. The normalized spacial score (nSPS) is 11.1. The van der Waals surface area contributed by atoms with Crippen LogP contribution < -0.4 is 10.6 Å². The summed E-state index contributed by atoms with van der Waals surface area (Å²) in [4.78, 5) is 11.7. The molecule has 0 bridgehead atoms. The number of amides is 1. The Morgan fingerprint density at radius 2 is 1.85 bits per heavy atom. The number of sulfone groups is 1. The highest BCUT2D eigenvalue weighted by Gasteiger charge is 2.15. The van der Waals surface area contributed by atoms with E-state index >= 15 is 0 Å². The van der Waals surface area contributed by atoms with Gasteiger partial charge in [0.15, 0.2) is 9.84 Å². The van der Waals surface area contributed by atoms with Gasteiger partial charge in [-0.2, -0.15) is 0 Å². The van der Waals surface area contributed by atoms with Gasteiger partial charge in [-0.25, -0.2) is 8.42 Å². The quantitative estimate of drug-likeness (QED) is 0.767. The molecule has 5 nitrogen and oxygen atoms in total. The van der Waals surface area contributed by atoms with Crippen molar-refractivity contribution >= 4 is 21.4 Å². The van der Waals surface area contributed by atoms with E-state index in [2.05, 4.69) is 10.6 Å². The first kappa shape index (κ1) is 16.5. The maximum absolute atomic E-state index is 11.9. The number of carbonyl (C=O) groups excluding carboxylic acids is 1. The lowest BCUT2D eigenvalue weighted by molar-refractivity contribution is -0.120. The molecule has 6 heteroatoms. The van der Waals surface area contributed by atoms with E-state index in [9.17, 15) is 13.2 Å². The Morgan fingerprint density at radius 1 is 1.15 bits per heavy atom. The molecule has 1 rings (SSSR count). The number of hydrogen-bond donors (Lipinski definition) is 2. The highest BCUT2D eigenvalue weighted by molar-refractivity contribution is 7.91. The Balaban J connectivity index is 2.63. The molecule has 1 aromatic carbocycles. The van der Waals surface area contributed by atoms with Gasteiger partial charge in [0.1, 0.15) is 0 Å². The number of nitrogens with one attached hydrogen (secondary N) is 2. The lowest BCUT2D eigenvalue weighted by Gasteiger charge is -2.11. The third kappa shape index (κ3) is 4.85. The fourth-order valence-electron chi connectivity index (χ4n) is 1.70. The molecule has 2 N–H and O–H groups in total. The fraction of sp³-hybridized carbons (Fsp3) is 0.500. The van der Waals surface area contributed by atoms with Crippen LogP contribution in [0.1, 0.15) is 26.7 Å². The maximum atomic E-state index is 11.9. The van der Waals surface area contributed by atoms with Gasteiger partial charge < -0.3 is 10.6 Å². The molecule has 20 heavy (non-hydrogen) atoms. The van der Waals surface area contributed by atoms with Gasteiger partial charge in [-0.15, -0.1) is 0 Å². The smallest absolute Gasteiger partial charge is 0.221 e. The van der Waals surface area contributed by atoms with Gasteiger partial charge in [-0.05, 0) is 18.6 Å². The zero-order valence-corrected chi connectivity index (χ0v) is 12.8. The van der Waals surface area contributed by atoms with Crippen LogP contribution in [0.3, 0.4) is 0 Å². The van der Waals surface area contributed by atoms with Crippen LogP contribution in [0.15, 0.2) is 29.2 Å². The molecule has 0 saturated heterocycles. The largest absolute Gasteiger partial charge is 0.383 e. The topological polar surface area (TPSA) is 75.3 Å². The van der Waals surface area contributed by atoms with Crippen molar-refractivity contribution in [3.8, 4) is 0 Å². The number of para-hydroxylation sites is 1. The van der Waals surface area contributed by atoms with Crippen LogP contribution in [-0.2, 0) is 14.6 Å². The summed E-state index contributed by atoms with van der Waals surface area (Å²) in [6.07, 6.45) is 1.22. The number of rotatable bonds is 8. The first-order valence-electron chi connectivity index (χ1n) is 6.83. The first-order chi connectivity index (χ1) is 9.51. The van der Waals surface area contributed by atoms with Crippen LogP contribution in [0.25, 0.3) is 0 Å². The van der Waals surface area contributed by atoms with E-state index < -0.39 is 9.84 Å². The van der Waals surface area contributed by atoms with Crippen molar-refractivity contribution in [2.45, 2.75) is 31.6 Å². The second-order valence-electron chi connectivity index (χ2n) is 4.43. The summed E-state index contributed by atoms with van der Waals surface area (Å²) < 4.78 is 23.9. The maximum Gasteiger partial charge on any atom is 0.221 e. The van der Waals surface area contributed by atoms with Crippen LogP contribution in [0.2, 0.25) is 0 Å². The van der Waals surface area contributed by atoms with Gasteiger partial charge in [-0.3, -0.25) is 4.79 Å². The van der Waals surface area contributed by atoms with E-state index in [-0.39, 0.29) is 16.6 Å². The zero-order chi connectivity index (χ0) is 15.0. The molecule has 0 radical (unpaired) electrons. The van der Waals surface area contributed by atoms with E-state index in [1.807, 2.05) is 6.92 Å². The van der Waals surface area contributed by atoms with E-state index in [1.54, 1.807) is 31.2 Å². The molecule has 0 saturated carbocycles. The number of hydrogen-bond acceptors (Lipinski definition) is 4. The van der Waals surface area contributed by atoms with Crippen LogP contribution in [0, 0.1) is 0 Å². The van der Waals surface area contributed by atoms with Crippen molar-refractivity contribution in [3.63, 3.8) is 0 Å². The molecule has 0 spiro atoms. The number of carbonyl (C=O) groups is 1. The summed E-state index contributed by atoms with van der Waals surface area (Å²) in [6.45, 7) is 4.68. The summed E-state index contributed by atoms with van der Waals surface area (Å²) in [5, 5.41) is 5.80. The molecule has 0 atom stereocenters. The lowest BCUT2D eigenvalue weighted by atomic mass is 10.3. The molecule has 1 aromatic rings. The summed E-state index contributed by atoms with van der Waals surface area (Å²) >= 11 is 0. The molecule has 0 aliphatic rings. The van der Waals surface area contributed by atoms with Gasteiger partial charge in [-0.1, -0.05) is 26.0 Å². The van der Waals surface area contributed by atoms with E-state index in [0.717, 1.165) is 6.42 Å². The fourth-order valence-corrected chi connectivity index (χ4v) is 2.78. The Bertz CT molecular complexity index is 541. The van der Waals surface area contributed by atoms with Crippen LogP contribution >= 0.6 is 0 Å². The molecule has 1 amide bonds. The van der Waals surface area contributed by atoms with Crippen molar-refractivity contribution in [3.05, 3.63) is 24.3 Å². The molecule has 112 valence electrons. The average Bonchev–Trinajstić information content (AvgIpc) is 2.45. The second-order valence-corrected chi connectivity index (χ2v) is 6.67. The van der Waals surface area contributed by atoms with Crippen molar-refractivity contribution in [1.29, 1.82) is 0 Å². The predicted molar refractivity (Wildman–Crippen MR) is 80.6 cm³/mol. The number of anilines is 1. The SMILES string of the molecule is CCCNC(=O)CCNc1ccccc1S(=O)(=O)CC. The molecule has 0 heterocycles. The molecular weight excluding hydrogens is 276 g/mol. The zero-order valence-electron chi connectivity index (χ0n) is 12.0. The molecule has 0 aliphatic heterocycles. The Kier molecular flexibility index (Phi) is 6.51. The van der Waals surface area contributed by atoms with Crippen LogP contribution in [-0.4, -0.2) is 33.2 Å². The molecular formula is C14H22N2O3S. The molecule has 0 aliphatic carbocycles. The van der Waals surface area contributed by atoms with Crippen molar-refractivity contribution in [2.24, 2.45) is 0 Å². The van der Waals surface area contributed by atoms with Gasteiger partial charge in [0.2, 0.25) is 5.91 Å². The van der Waals surface area contributed by atoms with Crippen molar-refractivity contribution in [2.75, 3.05) is 24.2 Å². The minimum absolute atomic E-state index is 0.0322. The third-order valence-electron chi connectivity index (χ3n) is 2.84. The minimum Gasteiger partial charge on any atom is -0.383 e. The summed E-state index contributed by atoms with van der Waals surface area (Å²) in [5.74, 6) is 0.0260. The highest BCUT2D eigenvalue weighted by Crippen LogP contribution is 2.21. The summed E-state index contributed by atoms with van der Waals surface area (Å²) in [5.41, 5.74) is 0.553. The van der Waals surface area contributed by atoms with Crippen LogP contribution in [0.5, 0.6) is 0 Å². The standard InChI is InChI=1S/C14H22N2O3S/c1-3-10-16-14(17)9-11-15-12-7-5-6-8-13(12)20(18,19)4-2/h5-8,15H,3-4,9-11H2,1-2H3,(H,16,17). The number of benzene rings is 1. The molecule has 0 aromatic heterocycles. The Hall–Kier alpha value is -1.56. The third-order valence-corrected chi connectivity index (χ3v) is 4.63. The summed E-state index contributed by atoms with van der Waals surface area (Å²) in [6, 6.07) is 6.76. The van der Waals surface area contributed by atoms with Crippen LogP contribution in [0.4, 0.5) is 5.69 Å². The highest BCUT2D eigenvalue weighted by atomic mass is 32.2. The van der Waals surface area contributed by atoms with Gasteiger partial charge in [0.05, 0.1) is 16.3 Å². The second kappa shape index (κ2) is 7.89. The first-order valence-corrected chi connectivity index (χ1v) is 8.48. The van der Waals surface area contributed by atoms with Gasteiger partial charge >= 0.3 is 0 Å². The Morgan fingerprint density at radius 3 is 2.50 bits per heavy atom. The van der Waals surface area contributed by atoms with Crippen molar-refractivity contribution < 1.29 is 13.2 Å². The molecule has 0 unspecified atom stereocenters. The lowest BCUT2D eigenvalue weighted by Crippen LogP contribution is -2.26. The van der Waals surface area contributed by atoms with E-state index in [1.165, 1.54) is 0 Å². The minimum atomic E-state index is -3.26. The predicted octanol–water partition coefficient (Wildman–Crippen LogP) is 1.81.